The van der Waals surface area contributed by atoms with E-state index in [4.69, 9.17) is 23.2 Å². The molecule has 1 aliphatic rings. The zero-order valence-electron chi connectivity index (χ0n) is 20.4. The Hall–Kier alpha value is -2.91. The average Bonchev–Trinajstić information content (AvgIpc) is 3.15. The summed E-state index contributed by atoms with van der Waals surface area (Å²) in [6.45, 7) is 5.43. The Bertz CT molecular complexity index is 1420. The Morgan fingerprint density at radius 1 is 1.08 bits per heavy atom. The molecule has 1 aromatic carbocycles. The molecule has 6 nitrogen and oxygen atoms in total. The standard InChI is InChI=1S/C26H24Cl2F3N3O3/c1-13-12-34(23-15(3)32-20(11-18(13)23)26(29,30)31)25(37)21-19(27)5-4-17(22(21)28)24(36)33-8-6-16(7-9-33)10-14(2)35/h4-5,11-12,16H,6-10H2,1-3H3. The number of pyridine rings is 1. The van der Waals surface area contributed by atoms with Crippen LogP contribution in [0.3, 0.4) is 0 Å². The van der Waals surface area contributed by atoms with Gasteiger partial charge in [0.15, 0.2) is 0 Å². The number of ketones is 1. The van der Waals surface area contributed by atoms with Crippen LogP contribution in [0.15, 0.2) is 24.4 Å². The van der Waals surface area contributed by atoms with E-state index in [2.05, 4.69) is 4.98 Å². The monoisotopic (exact) mass is 553 g/mol. The lowest BCUT2D eigenvalue weighted by atomic mass is 9.91. The van der Waals surface area contributed by atoms with Crippen molar-refractivity contribution in [3.8, 4) is 0 Å². The number of Topliss-reactive ketones (excluding diaryl/α,β-unsaturated/α-hetero) is 1. The lowest BCUT2D eigenvalue weighted by Gasteiger charge is -2.32. The second-order valence-electron chi connectivity index (χ2n) is 9.40. The molecule has 0 radical (unpaired) electrons. The first-order chi connectivity index (χ1) is 17.3. The fraction of sp³-hybridized carbons (Fsp3) is 0.385. The van der Waals surface area contributed by atoms with Gasteiger partial charge < -0.3 is 9.69 Å². The molecule has 1 amide bonds. The van der Waals surface area contributed by atoms with Crippen molar-refractivity contribution in [3.05, 3.63) is 62.5 Å². The van der Waals surface area contributed by atoms with E-state index < -0.39 is 17.8 Å². The summed E-state index contributed by atoms with van der Waals surface area (Å²) < 4.78 is 41.0. The van der Waals surface area contributed by atoms with Gasteiger partial charge in [0.1, 0.15) is 11.5 Å². The number of nitrogens with zero attached hydrogens (tertiary/aromatic N) is 3. The van der Waals surface area contributed by atoms with Crippen LogP contribution in [0.1, 0.15) is 63.9 Å². The Morgan fingerprint density at radius 2 is 1.73 bits per heavy atom. The molecule has 2 aromatic heterocycles. The van der Waals surface area contributed by atoms with E-state index in [-0.39, 0.29) is 55.4 Å². The van der Waals surface area contributed by atoms with Crippen molar-refractivity contribution in [1.82, 2.24) is 14.5 Å². The van der Waals surface area contributed by atoms with Gasteiger partial charge in [0, 0.05) is 31.1 Å². The minimum absolute atomic E-state index is 0.00347. The number of hydrogen-bond donors (Lipinski definition) is 0. The summed E-state index contributed by atoms with van der Waals surface area (Å²) in [7, 11) is 0. The number of fused-ring (bicyclic) bond motifs is 1. The fourth-order valence-corrected chi connectivity index (χ4v) is 5.47. The summed E-state index contributed by atoms with van der Waals surface area (Å²) in [5, 5.41) is 0.0928. The van der Waals surface area contributed by atoms with Gasteiger partial charge in [-0.15, -0.1) is 0 Å². The lowest BCUT2D eigenvalue weighted by molar-refractivity contribution is -0.141. The maximum atomic E-state index is 13.6. The van der Waals surface area contributed by atoms with Crippen LogP contribution in [0.2, 0.25) is 10.0 Å². The number of aromatic nitrogens is 2. The van der Waals surface area contributed by atoms with Crippen LogP contribution in [0.25, 0.3) is 10.9 Å². The van der Waals surface area contributed by atoms with Gasteiger partial charge in [-0.3, -0.25) is 14.2 Å². The van der Waals surface area contributed by atoms with Crippen LogP contribution in [-0.4, -0.2) is 45.1 Å². The van der Waals surface area contributed by atoms with Crippen LogP contribution >= 0.6 is 23.2 Å². The SMILES string of the molecule is CC(=O)CC1CCN(C(=O)c2ccc(Cl)c(C(=O)n3cc(C)c4cc(C(F)(F)F)nc(C)c43)c2Cl)CC1. The van der Waals surface area contributed by atoms with Crippen molar-refractivity contribution in [2.24, 2.45) is 5.92 Å². The Labute approximate surface area is 221 Å². The van der Waals surface area contributed by atoms with Crippen LogP contribution in [0.4, 0.5) is 13.2 Å². The quantitative estimate of drug-likeness (QED) is 0.369. The molecule has 3 heterocycles. The second-order valence-corrected chi connectivity index (χ2v) is 10.2. The molecule has 1 aliphatic heterocycles. The van der Waals surface area contributed by atoms with Gasteiger partial charge in [-0.1, -0.05) is 23.2 Å². The number of halogens is 5. The van der Waals surface area contributed by atoms with E-state index in [9.17, 15) is 27.6 Å². The summed E-state index contributed by atoms with van der Waals surface area (Å²) in [4.78, 5) is 43.6. The largest absolute Gasteiger partial charge is 0.433 e. The maximum Gasteiger partial charge on any atom is 0.433 e. The van der Waals surface area contributed by atoms with Crippen molar-refractivity contribution < 1.29 is 27.6 Å². The topological polar surface area (TPSA) is 72.3 Å². The summed E-state index contributed by atoms with van der Waals surface area (Å²) in [5.74, 6) is -0.716. The van der Waals surface area contributed by atoms with Crippen molar-refractivity contribution >= 4 is 51.7 Å². The third-order valence-electron chi connectivity index (χ3n) is 6.68. The molecular formula is C26H24Cl2F3N3O3. The molecule has 0 bridgehead atoms. The van der Waals surface area contributed by atoms with E-state index in [1.165, 1.54) is 29.8 Å². The highest BCUT2D eigenvalue weighted by atomic mass is 35.5. The maximum absolute atomic E-state index is 13.6. The smallest absolute Gasteiger partial charge is 0.339 e. The summed E-state index contributed by atoms with van der Waals surface area (Å²) >= 11 is 12.9. The Balaban J connectivity index is 1.70. The molecule has 0 saturated carbocycles. The molecule has 37 heavy (non-hydrogen) atoms. The van der Waals surface area contributed by atoms with Gasteiger partial charge in [-0.25, -0.2) is 4.98 Å². The molecule has 11 heteroatoms. The number of amides is 1. The fourth-order valence-electron chi connectivity index (χ4n) is 4.85. The number of carbonyl (C=O) groups is 3. The van der Waals surface area contributed by atoms with E-state index in [0.717, 1.165) is 6.07 Å². The Kier molecular flexibility index (Phi) is 7.41. The van der Waals surface area contributed by atoms with E-state index >= 15 is 0 Å². The molecule has 0 spiro atoms. The average molecular weight is 554 g/mol. The van der Waals surface area contributed by atoms with Crippen molar-refractivity contribution in [1.29, 1.82) is 0 Å². The van der Waals surface area contributed by atoms with Crippen LogP contribution in [0, 0.1) is 19.8 Å². The second kappa shape index (κ2) is 10.1. The molecule has 1 fully saturated rings. The number of alkyl halides is 3. The predicted octanol–water partition coefficient (Wildman–Crippen LogP) is 6.50. The van der Waals surface area contributed by atoms with Gasteiger partial charge in [0.05, 0.1) is 32.4 Å². The normalized spacial score (nSPS) is 14.9. The highest BCUT2D eigenvalue weighted by Gasteiger charge is 2.34. The number of hydrogen-bond acceptors (Lipinski definition) is 4. The Morgan fingerprint density at radius 3 is 2.32 bits per heavy atom. The number of piperidine rings is 1. The van der Waals surface area contributed by atoms with Gasteiger partial charge >= 0.3 is 6.18 Å². The summed E-state index contributed by atoms with van der Waals surface area (Å²) in [5.41, 5.74) is -0.432. The molecule has 3 aromatic rings. The number of likely N-dealkylation sites (tertiary alicyclic amines) is 1. The summed E-state index contributed by atoms with van der Waals surface area (Å²) in [6.07, 6.45) is -1.39. The number of aryl methyl sites for hydroxylation is 2. The van der Waals surface area contributed by atoms with E-state index in [0.29, 0.717) is 37.9 Å². The minimum atomic E-state index is -4.64. The van der Waals surface area contributed by atoms with Crippen LogP contribution in [-0.2, 0) is 11.0 Å². The molecular weight excluding hydrogens is 530 g/mol. The van der Waals surface area contributed by atoms with Gasteiger partial charge in [-0.2, -0.15) is 13.2 Å². The van der Waals surface area contributed by atoms with Crippen LogP contribution in [0.5, 0.6) is 0 Å². The molecule has 1 saturated heterocycles. The summed E-state index contributed by atoms with van der Waals surface area (Å²) in [6, 6.07) is 3.76. The first-order valence-electron chi connectivity index (χ1n) is 11.7. The van der Waals surface area contributed by atoms with Crippen molar-refractivity contribution in [2.75, 3.05) is 13.1 Å². The first-order valence-corrected chi connectivity index (χ1v) is 12.4. The zero-order valence-corrected chi connectivity index (χ0v) is 21.9. The van der Waals surface area contributed by atoms with Gasteiger partial charge in [0.25, 0.3) is 11.8 Å². The highest BCUT2D eigenvalue weighted by Crippen LogP contribution is 2.35. The molecule has 0 aliphatic carbocycles. The molecule has 0 unspecified atom stereocenters. The molecule has 196 valence electrons. The minimum Gasteiger partial charge on any atom is -0.339 e. The predicted molar refractivity (Wildman–Crippen MR) is 134 cm³/mol. The van der Waals surface area contributed by atoms with E-state index in [1.807, 2.05) is 0 Å². The van der Waals surface area contributed by atoms with Gasteiger partial charge in [-0.05, 0) is 63.3 Å². The van der Waals surface area contributed by atoms with Crippen molar-refractivity contribution in [2.45, 2.75) is 46.2 Å². The first kappa shape index (κ1) is 27.1. The van der Waals surface area contributed by atoms with Crippen LogP contribution < -0.4 is 0 Å². The number of benzene rings is 1. The third kappa shape index (κ3) is 5.25. The lowest BCUT2D eigenvalue weighted by Crippen LogP contribution is -2.39. The highest BCUT2D eigenvalue weighted by molar-refractivity contribution is 6.41. The molecule has 0 atom stereocenters. The van der Waals surface area contributed by atoms with Gasteiger partial charge in [0.2, 0.25) is 0 Å². The third-order valence-corrected chi connectivity index (χ3v) is 7.39. The number of rotatable bonds is 4. The molecule has 4 rings (SSSR count). The number of carbonyl (C=O) groups excluding carboxylic acids is 3. The van der Waals surface area contributed by atoms with E-state index in [1.54, 1.807) is 18.7 Å². The molecule has 0 N–H and O–H groups in total. The zero-order chi connectivity index (χ0) is 27.2. The van der Waals surface area contributed by atoms with Crippen molar-refractivity contribution in [3.63, 3.8) is 0 Å².